The fraction of sp³-hybridized carbons (Fsp3) is 0.538. The Balaban J connectivity index is 1.70. The Bertz CT molecular complexity index is 366. The molecule has 17 heavy (non-hydrogen) atoms. The highest BCUT2D eigenvalue weighted by molar-refractivity contribution is 9.10. The predicted octanol–water partition coefficient (Wildman–Crippen LogP) is 3.62. The van der Waals surface area contributed by atoms with E-state index < -0.39 is 0 Å². The highest BCUT2D eigenvalue weighted by Crippen LogP contribution is 2.21. The third-order valence-electron chi connectivity index (χ3n) is 3.08. The highest BCUT2D eigenvalue weighted by Gasteiger charge is 2.14. The van der Waals surface area contributed by atoms with E-state index in [2.05, 4.69) is 27.3 Å². The first-order chi connectivity index (χ1) is 8.25. The third kappa shape index (κ3) is 4.25. The van der Waals surface area contributed by atoms with E-state index >= 15 is 0 Å². The van der Waals surface area contributed by atoms with Crippen LogP contribution in [-0.2, 0) is 11.3 Å². The Labute approximate surface area is 116 Å². The minimum absolute atomic E-state index is 0.739. The molecule has 94 valence electrons. The van der Waals surface area contributed by atoms with E-state index in [1.807, 2.05) is 12.1 Å². The Kier molecular flexibility index (Phi) is 5.29. The van der Waals surface area contributed by atoms with Gasteiger partial charge >= 0.3 is 0 Å². The van der Waals surface area contributed by atoms with E-state index in [9.17, 15) is 0 Å². The Morgan fingerprint density at radius 1 is 1.47 bits per heavy atom. The number of ether oxygens (including phenoxy) is 1. The molecule has 0 bridgehead atoms. The van der Waals surface area contributed by atoms with E-state index in [0.717, 1.165) is 47.3 Å². The standard InChI is InChI=1S/C13H17BrClNO/c14-12-2-1-11(13(15)7-12)8-16-5-3-10-4-6-17-9-10/h1-2,7,10,16H,3-6,8-9H2. The lowest BCUT2D eigenvalue weighted by molar-refractivity contribution is 0.184. The second kappa shape index (κ2) is 6.74. The smallest absolute Gasteiger partial charge is 0.0495 e. The van der Waals surface area contributed by atoms with Crippen molar-refractivity contribution in [3.8, 4) is 0 Å². The average Bonchev–Trinajstić information content (AvgIpc) is 2.79. The van der Waals surface area contributed by atoms with Gasteiger partial charge in [0.25, 0.3) is 0 Å². The third-order valence-corrected chi connectivity index (χ3v) is 3.93. The van der Waals surface area contributed by atoms with Crippen molar-refractivity contribution in [1.29, 1.82) is 0 Å². The number of rotatable bonds is 5. The quantitative estimate of drug-likeness (QED) is 0.837. The summed E-state index contributed by atoms with van der Waals surface area (Å²) in [5, 5.41) is 4.25. The van der Waals surface area contributed by atoms with Crippen LogP contribution in [0.3, 0.4) is 0 Å². The largest absolute Gasteiger partial charge is 0.381 e. The number of halogens is 2. The van der Waals surface area contributed by atoms with Crippen molar-refractivity contribution in [2.24, 2.45) is 5.92 Å². The molecule has 0 radical (unpaired) electrons. The molecule has 2 nitrogen and oxygen atoms in total. The first kappa shape index (κ1) is 13.3. The van der Waals surface area contributed by atoms with Crippen LogP contribution in [0, 0.1) is 5.92 Å². The van der Waals surface area contributed by atoms with Crippen LogP contribution in [0.2, 0.25) is 5.02 Å². The van der Waals surface area contributed by atoms with Gasteiger partial charge in [0.1, 0.15) is 0 Å². The van der Waals surface area contributed by atoms with Crippen molar-refractivity contribution in [3.05, 3.63) is 33.3 Å². The maximum atomic E-state index is 6.15. The van der Waals surface area contributed by atoms with Gasteiger partial charge in [-0.25, -0.2) is 0 Å². The van der Waals surface area contributed by atoms with Crippen molar-refractivity contribution in [3.63, 3.8) is 0 Å². The fourth-order valence-corrected chi connectivity index (χ4v) is 2.75. The molecular formula is C13H17BrClNO. The monoisotopic (exact) mass is 317 g/mol. The molecule has 0 aromatic heterocycles. The first-order valence-electron chi connectivity index (χ1n) is 5.98. The molecule has 1 N–H and O–H groups in total. The van der Waals surface area contributed by atoms with E-state index in [1.165, 1.54) is 12.8 Å². The van der Waals surface area contributed by atoms with E-state index in [4.69, 9.17) is 16.3 Å². The van der Waals surface area contributed by atoms with E-state index in [1.54, 1.807) is 0 Å². The zero-order valence-corrected chi connectivity index (χ0v) is 12.1. The molecule has 1 saturated heterocycles. The molecule has 1 fully saturated rings. The van der Waals surface area contributed by atoms with Crippen molar-refractivity contribution in [1.82, 2.24) is 5.32 Å². The zero-order valence-electron chi connectivity index (χ0n) is 9.72. The van der Waals surface area contributed by atoms with E-state index in [-0.39, 0.29) is 0 Å². The molecular weight excluding hydrogens is 302 g/mol. The van der Waals surface area contributed by atoms with Gasteiger partial charge in [0.2, 0.25) is 0 Å². The van der Waals surface area contributed by atoms with Crippen LogP contribution < -0.4 is 5.32 Å². The normalized spacial score (nSPS) is 19.8. The molecule has 1 unspecified atom stereocenters. The molecule has 0 aliphatic carbocycles. The molecule has 1 atom stereocenters. The molecule has 1 aliphatic rings. The van der Waals surface area contributed by atoms with Gasteiger partial charge in [-0.05, 0) is 43.0 Å². The Morgan fingerprint density at radius 2 is 2.35 bits per heavy atom. The summed E-state index contributed by atoms with van der Waals surface area (Å²) >= 11 is 9.55. The lowest BCUT2D eigenvalue weighted by Gasteiger charge is -2.09. The van der Waals surface area contributed by atoms with Gasteiger partial charge in [0.15, 0.2) is 0 Å². The minimum Gasteiger partial charge on any atom is -0.381 e. The number of hydrogen-bond donors (Lipinski definition) is 1. The molecule has 2 rings (SSSR count). The van der Waals surface area contributed by atoms with Crippen LogP contribution in [0.25, 0.3) is 0 Å². The molecule has 4 heteroatoms. The summed E-state index contributed by atoms with van der Waals surface area (Å²) in [4.78, 5) is 0. The summed E-state index contributed by atoms with van der Waals surface area (Å²) in [7, 11) is 0. The van der Waals surface area contributed by atoms with Gasteiger partial charge in [-0.15, -0.1) is 0 Å². The number of nitrogens with one attached hydrogen (secondary N) is 1. The topological polar surface area (TPSA) is 21.3 Å². The number of hydrogen-bond acceptors (Lipinski definition) is 2. The second-order valence-electron chi connectivity index (χ2n) is 4.43. The summed E-state index contributed by atoms with van der Waals surface area (Å²) in [6.07, 6.45) is 2.40. The predicted molar refractivity (Wildman–Crippen MR) is 74.4 cm³/mol. The summed E-state index contributed by atoms with van der Waals surface area (Å²) in [6.45, 7) is 3.73. The zero-order chi connectivity index (χ0) is 12.1. The second-order valence-corrected chi connectivity index (χ2v) is 5.75. The molecule has 0 saturated carbocycles. The maximum absolute atomic E-state index is 6.15. The van der Waals surface area contributed by atoms with Crippen LogP contribution in [0.4, 0.5) is 0 Å². The van der Waals surface area contributed by atoms with E-state index in [0.29, 0.717) is 0 Å². The molecule has 1 heterocycles. The Hall–Kier alpha value is -0.0900. The van der Waals surface area contributed by atoms with Crippen molar-refractivity contribution >= 4 is 27.5 Å². The SMILES string of the molecule is Clc1cc(Br)ccc1CNCCC1CCOC1. The lowest BCUT2D eigenvalue weighted by Crippen LogP contribution is -2.18. The van der Waals surface area contributed by atoms with Crippen LogP contribution >= 0.6 is 27.5 Å². The highest BCUT2D eigenvalue weighted by atomic mass is 79.9. The molecule has 0 amide bonds. The van der Waals surface area contributed by atoms with Crippen molar-refractivity contribution < 1.29 is 4.74 Å². The van der Waals surface area contributed by atoms with Gasteiger partial charge in [-0.1, -0.05) is 33.6 Å². The van der Waals surface area contributed by atoms with Crippen LogP contribution in [0.15, 0.2) is 22.7 Å². The van der Waals surface area contributed by atoms with Gasteiger partial charge in [-0.3, -0.25) is 0 Å². The number of benzene rings is 1. The summed E-state index contributed by atoms with van der Waals surface area (Å²) in [5.74, 6) is 0.739. The van der Waals surface area contributed by atoms with Gasteiger partial charge in [-0.2, -0.15) is 0 Å². The van der Waals surface area contributed by atoms with Gasteiger partial charge in [0, 0.05) is 29.3 Å². The van der Waals surface area contributed by atoms with Gasteiger partial charge < -0.3 is 10.1 Å². The van der Waals surface area contributed by atoms with Crippen LogP contribution in [0.1, 0.15) is 18.4 Å². The average molecular weight is 319 g/mol. The molecule has 0 spiro atoms. The van der Waals surface area contributed by atoms with Crippen LogP contribution in [0.5, 0.6) is 0 Å². The molecule has 1 aromatic rings. The molecule has 1 aromatic carbocycles. The van der Waals surface area contributed by atoms with Crippen molar-refractivity contribution in [2.45, 2.75) is 19.4 Å². The van der Waals surface area contributed by atoms with Crippen LogP contribution in [-0.4, -0.2) is 19.8 Å². The fourth-order valence-electron chi connectivity index (χ4n) is 2.01. The first-order valence-corrected chi connectivity index (χ1v) is 7.15. The minimum atomic E-state index is 0.739. The summed E-state index contributed by atoms with van der Waals surface area (Å²) in [5.41, 5.74) is 1.15. The summed E-state index contributed by atoms with van der Waals surface area (Å²) < 4.78 is 6.37. The maximum Gasteiger partial charge on any atom is 0.0495 e. The summed E-state index contributed by atoms with van der Waals surface area (Å²) in [6, 6.07) is 6.01. The van der Waals surface area contributed by atoms with Gasteiger partial charge in [0.05, 0.1) is 0 Å². The Morgan fingerprint density at radius 3 is 3.06 bits per heavy atom. The lowest BCUT2D eigenvalue weighted by atomic mass is 10.1. The van der Waals surface area contributed by atoms with Crippen molar-refractivity contribution in [2.75, 3.05) is 19.8 Å². The molecule has 1 aliphatic heterocycles.